The molecule has 0 aliphatic heterocycles. The number of fused-ring (bicyclic) bond motifs is 2. The number of benzene rings is 2. The number of aromatic nitrogens is 2. The Hall–Kier alpha value is -3.57. The van der Waals surface area contributed by atoms with Gasteiger partial charge in [-0.15, -0.1) is 0 Å². The van der Waals surface area contributed by atoms with Gasteiger partial charge < -0.3 is 14.7 Å². The number of hydrogen-bond donors (Lipinski definition) is 2. The quantitative estimate of drug-likeness (QED) is 0.285. The molecular formula is C28H29N3O2. The van der Waals surface area contributed by atoms with Crippen molar-refractivity contribution in [2.75, 3.05) is 13.7 Å². The lowest BCUT2D eigenvalue weighted by Gasteiger charge is -2.29. The summed E-state index contributed by atoms with van der Waals surface area (Å²) in [5.74, 6) is -0.331. The van der Waals surface area contributed by atoms with E-state index in [1.807, 2.05) is 12.3 Å². The van der Waals surface area contributed by atoms with Gasteiger partial charge in [0.05, 0.1) is 7.11 Å². The van der Waals surface area contributed by atoms with Gasteiger partial charge in [0.1, 0.15) is 0 Å². The lowest BCUT2D eigenvalue weighted by Crippen LogP contribution is -2.29. The van der Waals surface area contributed by atoms with E-state index >= 15 is 0 Å². The molecule has 0 radical (unpaired) electrons. The number of H-pyrrole nitrogens is 2. The number of esters is 1. The van der Waals surface area contributed by atoms with Crippen LogP contribution in [-0.4, -0.2) is 34.5 Å². The normalized spacial score (nSPS) is 15.5. The monoisotopic (exact) mass is 439 g/mol. The molecule has 2 N–H and O–H groups in total. The Morgan fingerprint density at radius 2 is 2.06 bits per heavy atom. The van der Waals surface area contributed by atoms with E-state index in [0.717, 1.165) is 37.9 Å². The van der Waals surface area contributed by atoms with Crippen molar-refractivity contribution >= 4 is 22.9 Å². The molecule has 0 saturated carbocycles. The number of aryl methyl sites for hydroxylation is 1. The van der Waals surface area contributed by atoms with Crippen molar-refractivity contribution in [2.45, 2.75) is 31.8 Å². The Kier molecular flexibility index (Phi) is 6.13. The molecule has 1 unspecified atom stereocenters. The predicted molar refractivity (Wildman–Crippen MR) is 132 cm³/mol. The van der Waals surface area contributed by atoms with Gasteiger partial charge in [-0.1, -0.05) is 36.4 Å². The molecule has 0 spiro atoms. The summed E-state index contributed by atoms with van der Waals surface area (Å²) in [6.45, 7) is 1.87. The lowest BCUT2D eigenvalue weighted by molar-refractivity contribution is -0.134. The minimum Gasteiger partial charge on any atom is -0.466 e. The van der Waals surface area contributed by atoms with E-state index in [0.29, 0.717) is 6.04 Å². The second kappa shape index (κ2) is 9.51. The third-order valence-corrected chi connectivity index (χ3v) is 6.65. The number of carbonyl (C=O) groups is 1. The Morgan fingerprint density at radius 1 is 1.15 bits per heavy atom. The smallest absolute Gasteiger partial charge is 0.330 e. The summed E-state index contributed by atoms with van der Waals surface area (Å²) in [6.07, 6.45) is 10.6. The topological polar surface area (TPSA) is 61.1 Å². The van der Waals surface area contributed by atoms with Crippen LogP contribution in [-0.2, 0) is 28.9 Å². The van der Waals surface area contributed by atoms with Crippen LogP contribution in [0.15, 0.2) is 73.1 Å². The molecule has 1 aliphatic rings. The van der Waals surface area contributed by atoms with Crippen LogP contribution < -0.4 is 0 Å². The Morgan fingerprint density at radius 3 is 2.91 bits per heavy atom. The standard InChI is InChI=1S/C28H29N3O2/c1-33-28(32)13-9-20-8-11-25-21(17-20)10-12-27(25)31(19-23-5-4-15-29-23)16-14-22-18-30-26-7-3-2-6-24(22)26/h2-9,11,13,15,17-18,27,29-30H,10,12,14,16,19H2,1H3/b13-9+. The molecule has 1 aliphatic carbocycles. The largest absolute Gasteiger partial charge is 0.466 e. The van der Waals surface area contributed by atoms with Crippen molar-refractivity contribution in [3.8, 4) is 0 Å². The van der Waals surface area contributed by atoms with Crippen LogP contribution in [0.25, 0.3) is 17.0 Å². The lowest BCUT2D eigenvalue weighted by atomic mass is 10.0. The van der Waals surface area contributed by atoms with Crippen LogP contribution >= 0.6 is 0 Å². The van der Waals surface area contributed by atoms with E-state index in [1.54, 1.807) is 0 Å². The van der Waals surface area contributed by atoms with Gasteiger partial charge in [-0.25, -0.2) is 4.79 Å². The first-order valence-corrected chi connectivity index (χ1v) is 11.5. The van der Waals surface area contributed by atoms with Gasteiger partial charge in [0.25, 0.3) is 0 Å². The van der Waals surface area contributed by atoms with Crippen LogP contribution in [0.2, 0.25) is 0 Å². The third-order valence-electron chi connectivity index (χ3n) is 6.65. The molecule has 0 saturated heterocycles. The average molecular weight is 440 g/mol. The molecule has 2 aromatic heterocycles. The molecule has 2 aromatic carbocycles. The van der Waals surface area contributed by atoms with Gasteiger partial charge in [0, 0.05) is 54.2 Å². The number of para-hydroxylation sites is 1. The predicted octanol–water partition coefficient (Wildman–Crippen LogP) is 5.41. The Balaban J connectivity index is 1.37. The van der Waals surface area contributed by atoms with Crippen LogP contribution in [0.3, 0.4) is 0 Å². The number of nitrogens with one attached hydrogen (secondary N) is 2. The summed E-state index contributed by atoms with van der Waals surface area (Å²) < 4.78 is 4.71. The van der Waals surface area contributed by atoms with Crippen LogP contribution in [0.4, 0.5) is 0 Å². The van der Waals surface area contributed by atoms with Crippen molar-refractivity contribution in [3.63, 3.8) is 0 Å². The third kappa shape index (κ3) is 4.64. The summed E-state index contributed by atoms with van der Waals surface area (Å²) in [5, 5.41) is 1.31. The number of methoxy groups -OCH3 is 1. The van der Waals surface area contributed by atoms with Crippen molar-refractivity contribution in [3.05, 3.63) is 101 Å². The average Bonchev–Trinajstić information content (AvgIpc) is 3.60. The number of ether oxygens (including phenoxy) is 1. The van der Waals surface area contributed by atoms with E-state index in [1.165, 1.54) is 46.5 Å². The van der Waals surface area contributed by atoms with Gasteiger partial charge in [-0.3, -0.25) is 4.90 Å². The van der Waals surface area contributed by atoms with E-state index in [4.69, 9.17) is 4.74 Å². The van der Waals surface area contributed by atoms with Crippen molar-refractivity contribution in [2.24, 2.45) is 0 Å². The molecule has 5 heteroatoms. The molecule has 4 aromatic rings. The van der Waals surface area contributed by atoms with Gasteiger partial charge >= 0.3 is 5.97 Å². The summed E-state index contributed by atoms with van der Waals surface area (Å²) in [7, 11) is 1.40. The maximum absolute atomic E-state index is 11.4. The number of nitrogens with zero attached hydrogens (tertiary/aromatic N) is 1. The van der Waals surface area contributed by atoms with Crippen LogP contribution in [0.5, 0.6) is 0 Å². The SMILES string of the molecule is COC(=O)/C=C/c1ccc2c(c1)CCC2N(CCc1c[nH]c2ccccc12)Cc1ccc[nH]1. The maximum atomic E-state index is 11.4. The van der Waals surface area contributed by atoms with Gasteiger partial charge in [-0.2, -0.15) is 0 Å². The first-order chi connectivity index (χ1) is 16.2. The molecule has 1 atom stereocenters. The van der Waals surface area contributed by atoms with Crippen LogP contribution in [0.1, 0.15) is 40.4 Å². The Labute approximate surface area is 194 Å². The second-order valence-electron chi connectivity index (χ2n) is 8.64. The van der Waals surface area contributed by atoms with Crippen molar-refractivity contribution in [1.82, 2.24) is 14.9 Å². The first kappa shape index (κ1) is 21.3. The zero-order chi connectivity index (χ0) is 22.6. The zero-order valence-corrected chi connectivity index (χ0v) is 18.9. The summed E-state index contributed by atoms with van der Waals surface area (Å²) in [4.78, 5) is 20.8. The van der Waals surface area contributed by atoms with Gasteiger partial charge in [0.2, 0.25) is 0 Å². The highest BCUT2D eigenvalue weighted by atomic mass is 16.5. The summed E-state index contributed by atoms with van der Waals surface area (Å²) in [6, 6.07) is 19.7. The maximum Gasteiger partial charge on any atom is 0.330 e. The number of carbonyl (C=O) groups excluding carboxylic acids is 1. The minimum atomic E-state index is -0.331. The first-order valence-electron chi connectivity index (χ1n) is 11.5. The van der Waals surface area contributed by atoms with E-state index < -0.39 is 0 Å². The molecule has 33 heavy (non-hydrogen) atoms. The molecular weight excluding hydrogens is 410 g/mol. The molecule has 0 bridgehead atoms. The number of rotatable bonds is 8. The van der Waals surface area contributed by atoms with Crippen LogP contribution in [0, 0.1) is 0 Å². The number of hydrogen-bond acceptors (Lipinski definition) is 3. The molecule has 5 nitrogen and oxygen atoms in total. The van der Waals surface area contributed by atoms with Gasteiger partial charge in [0.15, 0.2) is 0 Å². The fourth-order valence-corrected chi connectivity index (χ4v) is 4.96. The highest BCUT2D eigenvalue weighted by Gasteiger charge is 2.28. The second-order valence-corrected chi connectivity index (χ2v) is 8.64. The Bertz CT molecular complexity index is 1270. The molecule has 0 fully saturated rings. The highest BCUT2D eigenvalue weighted by Crippen LogP contribution is 2.37. The van der Waals surface area contributed by atoms with Crippen molar-refractivity contribution < 1.29 is 9.53 Å². The van der Waals surface area contributed by atoms with Gasteiger partial charge in [-0.05, 0) is 65.8 Å². The molecule has 2 heterocycles. The van der Waals surface area contributed by atoms with E-state index in [9.17, 15) is 4.79 Å². The fraction of sp³-hybridized carbons (Fsp3) is 0.250. The summed E-state index contributed by atoms with van der Waals surface area (Å²) in [5.41, 5.74) is 7.60. The highest BCUT2D eigenvalue weighted by molar-refractivity contribution is 5.87. The molecule has 0 amide bonds. The van der Waals surface area contributed by atoms with Crippen molar-refractivity contribution in [1.29, 1.82) is 0 Å². The summed E-state index contributed by atoms with van der Waals surface area (Å²) >= 11 is 0. The van der Waals surface area contributed by atoms with E-state index in [2.05, 4.69) is 75.7 Å². The molecule has 168 valence electrons. The minimum absolute atomic E-state index is 0.331. The number of aromatic amines is 2. The zero-order valence-electron chi connectivity index (χ0n) is 18.9. The fourth-order valence-electron chi connectivity index (χ4n) is 4.96. The van der Waals surface area contributed by atoms with E-state index in [-0.39, 0.29) is 5.97 Å². The molecule has 5 rings (SSSR count).